The van der Waals surface area contributed by atoms with Crippen LogP contribution in [-0.2, 0) is 0 Å². The Morgan fingerprint density at radius 3 is 2.64 bits per heavy atom. The summed E-state index contributed by atoms with van der Waals surface area (Å²) < 4.78 is 5.37. The molecule has 0 aliphatic carbocycles. The van der Waals surface area contributed by atoms with Gasteiger partial charge in [0.05, 0.1) is 18.3 Å². The van der Waals surface area contributed by atoms with Gasteiger partial charge < -0.3 is 15.8 Å². The van der Waals surface area contributed by atoms with Crippen molar-refractivity contribution >= 4 is 16.6 Å². The van der Waals surface area contributed by atoms with Crippen molar-refractivity contribution in [3.8, 4) is 5.75 Å². The standard InChI is InChI=1S/C18H27N3O/c1-22-16-13-15-9-8-12-21-18(15)17(14-16)20-11-7-5-3-2-4-6-10-19/h8-9,12-14,20H,2-7,10-11,19H2,1H3. The quantitative estimate of drug-likeness (QED) is 0.652. The molecule has 0 aliphatic rings. The van der Waals surface area contributed by atoms with Gasteiger partial charge in [0.1, 0.15) is 5.75 Å². The van der Waals surface area contributed by atoms with Crippen molar-refractivity contribution in [3.05, 3.63) is 30.5 Å². The van der Waals surface area contributed by atoms with Gasteiger partial charge in [-0.25, -0.2) is 0 Å². The number of nitrogens with one attached hydrogen (secondary N) is 1. The number of hydrogen-bond donors (Lipinski definition) is 2. The number of nitrogens with zero attached hydrogens (tertiary/aromatic N) is 1. The van der Waals surface area contributed by atoms with Crippen LogP contribution in [0.2, 0.25) is 0 Å². The number of methoxy groups -OCH3 is 1. The number of fused-ring (bicyclic) bond motifs is 1. The summed E-state index contributed by atoms with van der Waals surface area (Å²) in [6.07, 6.45) is 9.26. The fraction of sp³-hybridized carbons (Fsp3) is 0.500. The van der Waals surface area contributed by atoms with Gasteiger partial charge in [-0.3, -0.25) is 4.98 Å². The monoisotopic (exact) mass is 301 g/mol. The van der Waals surface area contributed by atoms with Crippen molar-refractivity contribution in [1.82, 2.24) is 4.98 Å². The molecule has 4 heteroatoms. The number of benzene rings is 1. The third-order valence-electron chi connectivity index (χ3n) is 3.86. The Bertz CT molecular complexity index is 571. The van der Waals surface area contributed by atoms with E-state index in [0.717, 1.165) is 41.9 Å². The zero-order chi connectivity index (χ0) is 15.6. The molecule has 0 radical (unpaired) electrons. The Labute approximate surface area is 133 Å². The molecule has 0 amide bonds. The lowest BCUT2D eigenvalue weighted by Gasteiger charge is -2.11. The molecule has 0 saturated heterocycles. The van der Waals surface area contributed by atoms with Crippen molar-refractivity contribution in [3.63, 3.8) is 0 Å². The summed E-state index contributed by atoms with van der Waals surface area (Å²) in [6, 6.07) is 8.06. The van der Waals surface area contributed by atoms with E-state index < -0.39 is 0 Å². The second-order valence-electron chi connectivity index (χ2n) is 5.59. The molecule has 0 bridgehead atoms. The Morgan fingerprint density at radius 1 is 1.09 bits per heavy atom. The van der Waals surface area contributed by atoms with Crippen LogP contribution < -0.4 is 15.8 Å². The molecular weight excluding hydrogens is 274 g/mol. The van der Waals surface area contributed by atoms with E-state index in [9.17, 15) is 0 Å². The molecule has 0 unspecified atom stereocenters. The first-order valence-electron chi connectivity index (χ1n) is 8.22. The second kappa shape index (κ2) is 9.26. The van der Waals surface area contributed by atoms with Crippen LogP contribution in [0.25, 0.3) is 10.9 Å². The first-order valence-corrected chi connectivity index (χ1v) is 8.22. The number of anilines is 1. The lowest BCUT2D eigenvalue weighted by atomic mass is 10.1. The molecule has 1 aromatic carbocycles. The van der Waals surface area contributed by atoms with Crippen LogP contribution in [0.1, 0.15) is 38.5 Å². The third kappa shape index (κ3) is 4.88. The number of aromatic nitrogens is 1. The second-order valence-corrected chi connectivity index (χ2v) is 5.59. The molecule has 120 valence electrons. The highest BCUT2D eigenvalue weighted by atomic mass is 16.5. The first-order chi connectivity index (χ1) is 10.8. The van der Waals surface area contributed by atoms with Crippen LogP contribution in [0.5, 0.6) is 5.75 Å². The van der Waals surface area contributed by atoms with Crippen molar-refractivity contribution in [2.24, 2.45) is 5.73 Å². The highest BCUT2D eigenvalue weighted by Gasteiger charge is 2.05. The molecule has 0 fully saturated rings. The first kappa shape index (κ1) is 16.6. The van der Waals surface area contributed by atoms with Gasteiger partial charge in [0.15, 0.2) is 0 Å². The van der Waals surface area contributed by atoms with E-state index in [1.165, 1.54) is 32.1 Å². The molecule has 0 saturated carbocycles. The molecule has 3 N–H and O–H groups in total. The molecule has 1 heterocycles. The summed E-state index contributed by atoms with van der Waals surface area (Å²) in [4.78, 5) is 4.48. The Morgan fingerprint density at radius 2 is 1.86 bits per heavy atom. The molecule has 4 nitrogen and oxygen atoms in total. The van der Waals surface area contributed by atoms with Crippen LogP contribution in [0.4, 0.5) is 5.69 Å². The Hall–Kier alpha value is -1.81. The Kier molecular flexibility index (Phi) is 6.97. The summed E-state index contributed by atoms with van der Waals surface area (Å²) >= 11 is 0. The minimum atomic E-state index is 0.817. The summed E-state index contributed by atoms with van der Waals surface area (Å²) in [5.74, 6) is 0.866. The molecule has 0 atom stereocenters. The van der Waals surface area contributed by atoms with Crippen LogP contribution in [0.3, 0.4) is 0 Å². The highest BCUT2D eigenvalue weighted by Crippen LogP contribution is 2.27. The fourth-order valence-corrected chi connectivity index (χ4v) is 2.62. The highest BCUT2D eigenvalue weighted by molar-refractivity contribution is 5.91. The molecule has 1 aromatic heterocycles. The van der Waals surface area contributed by atoms with E-state index in [0.29, 0.717) is 0 Å². The van der Waals surface area contributed by atoms with Gasteiger partial charge in [0.2, 0.25) is 0 Å². The molecule has 2 rings (SSSR count). The number of unbranched alkanes of at least 4 members (excludes halogenated alkanes) is 5. The lowest BCUT2D eigenvalue weighted by molar-refractivity contribution is 0.415. The van der Waals surface area contributed by atoms with Gasteiger partial charge in [0, 0.05) is 24.2 Å². The molecule has 22 heavy (non-hydrogen) atoms. The SMILES string of the molecule is COc1cc(NCCCCCCCCN)c2ncccc2c1. The van der Waals surface area contributed by atoms with E-state index >= 15 is 0 Å². The molecule has 2 aromatic rings. The topological polar surface area (TPSA) is 60.2 Å². The van der Waals surface area contributed by atoms with E-state index in [-0.39, 0.29) is 0 Å². The van der Waals surface area contributed by atoms with Gasteiger partial charge in [-0.2, -0.15) is 0 Å². The fourth-order valence-electron chi connectivity index (χ4n) is 2.62. The van der Waals surface area contributed by atoms with Gasteiger partial charge in [-0.15, -0.1) is 0 Å². The number of ether oxygens (including phenoxy) is 1. The van der Waals surface area contributed by atoms with Crippen molar-refractivity contribution in [2.75, 3.05) is 25.5 Å². The molecule has 0 spiro atoms. The van der Waals surface area contributed by atoms with Gasteiger partial charge >= 0.3 is 0 Å². The summed E-state index contributed by atoms with van der Waals surface area (Å²) in [6.45, 7) is 1.78. The summed E-state index contributed by atoms with van der Waals surface area (Å²) in [5, 5.41) is 4.60. The maximum Gasteiger partial charge on any atom is 0.121 e. The van der Waals surface area contributed by atoms with Gasteiger partial charge in [-0.05, 0) is 31.5 Å². The number of pyridine rings is 1. The van der Waals surface area contributed by atoms with Crippen LogP contribution in [-0.4, -0.2) is 25.2 Å². The minimum Gasteiger partial charge on any atom is -0.497 e. The predicted octanol–water partition coefficient (Wildman–Crippen LogP) is 3.95. The van der Waals surface area contributed by atoms with Crippen LogP contribution >= 0.6 is 0 Å². The summed E-state index contributed by atoms with van der Waals surface area (Å²) in [7, 11) is 1.70. The zero-order valence-electron chi connectivity index (χ0n) is 13.5. The molecular formula is C18H27N3O. The Balaban J connectivity index is 1.83. The normalized spacial score (nSPS) is 10.8. The van der Waals surface area contributed by atoms with Crippen molar-refractivity contribution in [1.29, 1.82) is 0 Å². The van der Waals surface area contributed by atoms with Crippen LogP contribution in [0, 0.1) is 0 Å². The van der Waals surface area contributed by atoms with E-state index in [1.807, 2.05) is 24.4 Å². The predicted molar refractivity (Wildman–Crippen MR) is 93.5 cm³/mol. The number of nitrogens with two attached hydrogens (primary N) is 1. The lowest BCUT2D eigenvalue weighted by Crippen LogP contribution is -2.03. The summed E-state index contributed by atoms with van der Waals surface area (Å²) in [5.41, 5.74) is 7.56. The van der Waals surface area contributed by atoms with Gasteiger partial charge in [-0.1, -0.05) is 31.7 Å². The van der Waals surface area contributed by atoms with E-state index in [2.05, 4.69) is 16.4 Å². The van der Waals surface area contributed by atoms with Crippen molar-refractivity contribution in [2.45, 2.75) is 38.5 Å². The van der Waals surface area contributed by atoms with Crippen molar-refractivity contribution < 1.29 is 4.74 Å². The number of hydrogen-bond acceptors (Lipinski definition) is 4. The molecule has 0 aliphatic heterocycles. The maximum atomic E-state index is 5.50. The maximum absolute atomic E-state index is 5.50. The van der Waals surface area contributed by atoms with Gasteiger partial charge in [0.25, 0.3) is 0 Å². The third-order valence-corrected chi connectivity index (χ3v) is 3.86. The average Bonchev–Trinajstić information content (AvgIpc) is 2.56. The van der Waals surface area contributed by atoms with Crippen LogP contribution in [0.15, 0.2) is 30.5 Å². The van der Waals surface area contributed by atoms with E-state index in [1.54, 1.807) is 7.11 Å². The average molecular weight is 301 g/mol. The number of rotatable bonds is 10. The largest absolute Gasteiger partial charge is 0.497 e. The van der Waals surface area contributed by atoms with E-state index in [4.69, 9.17) is 10.5 Å². The zero-order valence-corrected chi connectivity index (χ0v) is 13.5. The smallest absolute Gasteiger partial charge is 0.121 e. The minimum absolute atomic E-state index is 0.817.